The summed E-state index contributed by atoms with van der Waals surface area (Å²) < 4.78 is 0. The van der Waals surface area contributed by atoms with E-state index in [2.05, 4.69) is 17.2 Å². The molecule has 0 aliphatic rings. The van der Waals surface area contributed by atoms with Gasteiger partial charge in [-0.1, -0.05) is 30.3 Å². The number of hydrogen-bond donors (Lipinski definition) is 2. The van der Waals surface area contributed by atoms with E-state index in [1.54, 1.807) is 0 Å². The summed E-state index contributed by atoms with van der Waals surface area (Å²) >= 11 is 0. The Balaban J connectivity index is 0.000000411. The summed E-state index contributed by atoms with van der Waals surface area (Å²) in [5.74, 6) is -3.65. The maximum Gasteiger partial charge on any atom is 0.414 e. The SMILES string of the molecule is CC(=NN(C)C)c1ccccc1.O=C(O)C(=O)O. The van der Waals surface area contributed by atoms with Gasteiger partial charge in [0, 0.05) is 14.1 Å². The first-order valence-electron chi connectivity index (χ1n) is 5.08. The maximum atomic E-state index is 9.10. The number of carboxylic acid groups (broad SMARTS) is 2. The molecule has 0 heterocycles. The van der Waals surface area contributed by atoms with Gasteiger partial charge in [0.15, 0.2) is 0 Å². The minimum absolute atomic E-state index is 1.04. The largest absolute Gasteiger partial charge is 0.473 e. The van der Waals surface area contributed by atoms with E-state index >= 15 is 0 Å². The summed E-state index contributed by atoms with van der Waals surface area (Å²) in [5, 5.41) is 20.9. The van der Waals surface area contributed by atoms with Crippen LogP contribution in [0.3, 0.4) is 0 Å². The third-order valence-electron chi connectivity index (χ3n) is 1.72. The van der Waals surface area contributed by atoms with E-state index < -0.39 is 11.9 Å². The van der Waals surface area contributed by atoms with Crippen LogP contribution in [0.4, 0.5) is 0 Å². The molecule has 0 fully saturated rings. The first kappa shape index (κ1) is 15.6. The van der Waals surface area contributed by atoms with Gasteiger partial charge in [0.05, 0.1) is 5.71 Å². The fourth-order valence-electron chi connectivity index (χ4n) is 1.04. The number of aliphatic carboxylic acids is 2. The molecule has 2 N–H and O–H groups in total. The maximum absolute atomic E-state index is 9.10. The summed E-state index contributed by atoms with van der Waals surface area (Å²) in [6.07, 6.45) is 0. The van der Waals surface area contributed by atoms with Crippen LogP contribution < -0.4 is 0 Å². The van der Waals surface area contributed by atoms with Gasteiger partial charge in [0.25, 0.3) is 0 Å². The first-order chi connectivity index (χ1) is 8.34. The molecule has 0 spiro atoms. The molecule has 98 valence electrons. The molecule has 6 nitrogen and oxygen atoms in total. The lowest BCUT2D eigenvalue weighted by atomic mass is 10.1. The third-order valence-corrected chi connectivity index (χ3v) is 1.72. The van der Waals surface area contributed by atoms with Crippen LogP contribution in [0.2, 0.25) is 0 Å². The molecule has 0 radical (unpaired) electrons. The Labute approximate surface area is 105 Å². The van der Waals surface area contributed by atoms with E-state index in [1.807, 2.05) is 44.2 Å². The van der Waals surface area contributed by atoms with Crippen molar-refractivity contribution in [1.29, 1.82) is 0 Å². The van der Waals surface area contributed by atoms with Gasteiger partial charge in [0.2, 0.25) is 0 Å². The average Bonchev–Trinajstić information content (AvgIpc) is 2.30. The molecule has 0 aliphatic carbocycles. The smallest absolute Gasteiger partial charge is 0.414 e. The Bertz CT molecular complexity index is 415. The van der Waals surface area contributed by atoms with Gasteiger partial charge in [-0.25, -0.2) is 9.59 Å². The molecule has 6 heteroatoms. The topological polar surface area (TPSA) is 90.2 Å². The average molecular weight is 252 g/mol. The van der Waals surface area contributed by atoms with Crippen LogP contribution in [0.1, 0.15) is 12.5 Å². The zero-order chi connectivity index (χ0) is 14.1. The molecule has 0 unspecified atom stereocenters. The zero-order valence-electron chi connectivity index (χ0n) is 10.5. The molecule has 0 aliphatic heterocycles. The molecule has 0 saturated heterocycles. The van der Waals surface area contributed by atoms with Crippen molar-refractivity contribution in [3.05, 3.63) is 35.9 Å². The van der Waals surface area contributed by atoms with Gasteiger partial charge in [0.1, 0.15) is 0 Å². The quantitative estimate of drug-likeness (QED) is 0.468. The van der Waals surface area contributed by atoms with Crippen molar-refractivity contribution in [1.82, 2.24) is 5.01 Å². The molecule has 1 rings (SSSR count). The van der Waals surface area contributed by atoms with Crippen LogP contribution in [0, 0.1) is 0 Å². The number of rotatable bonds is 2. The van der Waals surface area contributed by atoms with E-state index in [1.165, 1.54) is 5.56 Å². The molecule has 0 atom stereocenters. The molecular formula is C12H16N2O4. The fourth-order valence-corrected chi connectivity index (χ4v) is 1.04. The van der Waals surface area contributed by atoms with Crippen LogP contribution in [0.5, 0.6) is 0 Å². The van der Waals surface area contributed by atoms with E-state index in [-0.39, 0.29) is 0 Å². The zero-order valence-corrected chi connectivity index (χ0v) is 10.5. The molecule has 0 aromatic heterocycles. The Morgan fingerprint density at radius 2 is 1.50 bits per heavy atom. The Kier molecular flexibility index (Phi) is 6.80. The molecule has 0 amide bonds. The lowest BCUT2D eigenvalue weighted by Crippen LogP contribution is -2.09. The van der Waals surface area contributed by atoms with Crippen molar-refractivity contribution in [2.45, 2.75) is 6.92 Å². The standard InChI is InChI=1S/C10H14N2.C2H2O4/c1-9(11-12(2)3)10-7-5-4-6-8-10;3-1(4)2(5)6/h4-8H,1-3H3;(H,3,4)(H,5,6). The predicted molar refractivity (Wildman–Crippen MR) is 67.6 cm³/mol. The Hall–Kier alpha value is -2.37. The predicted octanol–water partition coefficient (Wildman–Crippen LogP) is 1.13. The van der Waals surface area contributed by atoms with Gasteiger partial charge in [-0.05, 0) is 12.5 Å². The molecule has 1 aromatic carbocycles. The summed E-state index contributed by atoms with van der Waals surface area (Å²) in [5.41, 5.74) is 2.21. The van der Waals surface area contributed by atoms with Crippen molar-refractivity contribution in [2.75, 3.05) is 14.1 Å². The molecule has 18 heavy (non-hydrogen) atoms. The number of benzene rings is 1. The summed E-state index contributed by atoms with van der Waals surface area (Å²) in [6, 6.07) is 10.2. The summed E-state index contributed by atoms with van der Waals surface area (Å²) in [4.78, 5) is 18.2. The monoisotopic (exact) mass is 252 g/mol. The van der Waals surface area contributed by atoms with Gasteiger partial charge in [-0.2, -0.15) is 5.10 Å². The number of carboxylic acids is 2. The van der Waals surface area contributed by atoms with Crippen molar-refractivity contribution in [3.8, 4) is 0 Å². The van der Waals surface area contributed by atoms with Crippen LogP contribution in [0.25, 0.3) is 0 Å². The lowest BCUT2D eigenvalue weighted by molar-refractivity contribution is -0.159. The minimum Gasteiger partial charge on any atom is -0.473 e. The number of carbonyl (C=O) groups is 2. The second kappa shape index (κ2) is 7.83. The molecule has 0 bridgehead atoms. The highest BCUT2D eigenvalue weighted by atomic mass is 16.4. The van der Waals surface area contributed by atoms with Crippen LogP contribution in [0.15, 0.2) is 35.4 Å². The third kappa shape index (κ3) is 7.00. The van der Waals surface area contributed by atoms with Gasteiger partial charge < -0.3 is 15.2 Å². The van der Waals surface area contributed by atoms with Crippen molar-refractivity contribution in [2.24, 2.45) is 5.10 Å². The van der Waals surface area contributed by atoms with E-state index in [0.29, 0.717) is 0 Å². The lowest BCUT2D eigenvalue weighted by Gasteiger charge is -2.06. The molecule has 0 saturated carbocycles. The highest BCUT2D eigenvalue weighted by molar-refractivity contribution is 6.27. The van der Waals surface area contributed by atoms with Gasteiger partial charge in [-0.3, -0.25) is 0 Å². The van der Waals surface area contributed by atoms with Crippen LogP contribution in [-0.2, 0) is 9.59 Å². The number of nitrogens with zero attached hydrogens (tertiary/aromatic N) is 2. The van der Waals surface area contributed by atoms with Crippen LogP contribution >= 0.6 is 0 Å². The van der Waals surface area contributed by atoms with Gasteiger partial charge >= 0.3 is 11.9 Å². The summed E-state index contributed by atoms with van der Waals surface area (Å²) in [6.45, 7) is 2.01. The molecular weight excluding hydrogens is 236 g/mol. The second-order valence-electron chi connectivity index (χ2n) is 3.51. The first-order valence-corrected chi connectivity index (χ1v) is 5.08. The minimum atomic E-state index is -1.82. The van der Waals surface area contributed by atoms with E-state index in [0.717, 1.165) is 5.71 Å². The highest BCUT2D eigenvalue weighted by Crippen LogP contribution is 2.00. The normalized spacial score (nSPS) is 10.1. The van der Waals surface area contributed by atoms with Crippen LogP contribution in [-0.4, -0.2) is 47.0 Å². The van der Waals surface area contributed by atoms with E-state index in [9.17, 15) is 0 Å². The number of hydrazone groups is 1. The van der Waals surface area contributed by atoms with E-state index in [4.69, 9.17) is 19.8 Å². The van der Waals surface area contributed by atoms with Gasteiger partial charge in [-0.15, -0.1) is 0 Å². The van der Waals surface area contributed by atoms with Crippen molar-refractivity contribution >= 4 is 17.7 Å². The summed E-state index contributed by atoms with van der Waals surface area (Å²) in [7, 11) is 3.85. The molecule has 1 aromatic rings. The Morgan fingerprint density at radius 3 is 1.83 bits per heavy atom. The second-order valence-corrected chi connectivity index (χ2v) is 3.51. The number of hydrogen-bond acceptors (Lipinski definition) is 4. The van der Waals surface area contributed by atoms with Crippen molar-refractivity contribution in [3.63, 3.8) is 0 Å². The Morgan fingerprint density at radius 1 is 1.06 bits per heavy atom. The van der Waals surface area contributed by atoms with Crippen molar-refractivity contribution < 1.29 is 19.8 Å². The fraction of sp³-hybridized carbons (Fsp3) is 0.250. The highest BCUT2D eigenvalue weighted by Gasteiger charge is 2.04.